The molecular weight excluding hydrogens is 248 g/mol. The van der Waals surface area contributed by atoms with Crippen molar-refractivity contribution < 1.29 is 4.79 Å². The third kappa shape index (κ3) is 3.04. The number of amides is 1. The van der Waals surface area contributed by atoms with Crippen LogP contribution in [0.4, 0.5) is 0 Å². The first-order valence-electron chi connectivity index (χ1n) is 7.43. The lowest BCUT2D eigenvalue weighted by Crippen LogP contribution is -2.47. The Labute approximate surface area is 122 Å². The molecule has 1 fully saturated rings. The average Bonchev–Trinajstić information content (AvgIpc) is 2.64. The van der Waals surface area contributed by atoms with Crippen LogP contribution in [0, 0.1) is 5.41 Å². The summed E-state index contributed by atoms with van der Waals surface area (Å²) in [6.07, 6.45) is 0.864. The van der Waals surface area contributed by atoms with Gasteiger partial charge in [0.15, 0.2) is 0 Å². The number of hydrogen-bond acceptors (Lipinski definition) is 2. The second-order valence-electron chi connectivity index (χ2n) is 6.87. The van der Waals surface area contributed by atoms with E-state index in [0.717, 1.165) is 6.42 Å². The summed E-state index contributed by atoms with van der Waals surface area (Å²) in [5.74, 6) is 0.226. The van der Waals surface area contributed by atoms with Gasteiger partial charge in [-0.1, -0.05) is 51.1 Å². The zero-order valence-corrected chi connectivity index (χ0v) is 13.2. The number of rotatable bonds is 3. The second-order valence-corrected chi connectivity index (χ2v) is 6.87. The van der Waals surface area contributed by atoms with E-state index in [4.69, 9.17) is 0 Å². The Morgan fingerprint density at radius 1 is 1.25 bits per heavy atom. The van der Waals surface area contributed by atoms with Crippen LogP contribution in [-0.2, 0) is 11.2 Å². The fraction of sp³-hybridized carbons (Fsp3) is 0.588. The predicted molar refractivity (Wildman–Crippen MR) is 82.3 cm³/mol. The van der Waals surface area contributed by atoms with E-state index in [1.54, 1.807) is 0 Å². The highest BCUT2D eigenvalue weighted by atomic mass is 16.2. The van der Waals surface area contributed by atoms with Gasteiger partial charge in [-0.25, -0.2) is 0 Å². The molecule has 3 atom stereocenters. The Morgan fingerprint density at radius 3 is 2.40 bits per heavy atom. The maximum absolute atomic E-state index is 12.7. The number of carbonyl (C=O) groups excluding carboxylic acids is 1. The number of benzene rings is 1. The van der Waals surface area contributed by atoms with Gasteiger partial charge >= 0.3 is 0 Å². The van der Waals surface area contributed by atoms with Crippen molar-refractivity contribution in [2.45, 2.75) is 59.3 Å². The zero-order chi connectivity index (χ0) is 14.9. The summed E-state index contributed by atoms with van der Waals surface area (Å²) in [5.41, 5.74) is 1.29. The van der Waals surface area contributed by atoms with Crippen LogP contribution in [0.3, 0.4) is 0 Å². The molecule has 1 aromatic rings. The molecule has 20 heavy (non-hydrogen) atoms. The molecule has 1 N–H and O–H groups in total. The summed E-state index contributed by atoms with van der Waals surface area (Å²) in [6.45, 7) is 10.8. The summed E-state index contributed by atoms with van der Waals surface area (Å²) in [4.78, 5) is 14.7. The second kappa shape index (κ2) is 5.57. The van der Waals surface area contributed by atoms with Crippen molar-refractivity contribution in [2.75, 3.05) is 0 Å². The third-order valence-electron chi connectivity index (χ3n) is 4.37. The number of carbonyl (C=O) groups is 1. The molecule has 3 unspecified atom stereocenters. The van der Waals surface area contributed by atoms with Crippen molar-refractivity contribution in [1.82, 2.24) is 10.2 Å². The summed E-state index contributed by atoms with van der Waals surface area (Å²) in [5, 5.41) is 3.43. The van der Waals surface area contributed by atoms with Crippen LogP contribution in [0.5, 0.6) is 0 Å². The van der Waals surface area contributed by atoms with E-state index in [1.807, 2.05) is 23.1 Å². The van der Waals surface area contributed by atoms with Crippen LogP contribution in [0.25, 0.3) is 0 Å². The van der Waals surface area contributed by atoms with Gasteiger partial charge in [0.05, 0.1) is 12.2 Å². The molecule has 2 rings (SSSR count). The normalized spacial score (nSPS) is 25.1. The Bertz CT molecular complexity index is 464. The van der Waals surface area contributed by atoms with Gasteiger partial charge in [0.2, 0.25) is 5.91 Å². The molecule has 0 radical (unpaired) electrons. The van der Waals surface area contributed by atoms with E-state index in [9.17, 15) is 4.79 Å². The maximum atomic E-state index is 12.7. The topological polar surface area (TPSA) is 32.3 Å². The fourth-order valence-corrected chi connectivity index (χ4v) is 2.75. The molecule has 0 aromatic heterocycles. The minimum atomic E-state index is -0.0998. The van der Waals surface area contributed by atoms with Gasteiger partial charge in [-0.2, -0.15) is 0 Å². The summed E-state index contributed by atoms with van der Waals surface area (Å²) in [7, 11) is 0. The van der Waals surface area contributed by atoms with Crippen LogP contribution < -0.4 is 5.32 Å². The van der Waals surface area contributed by atoms with Crippen LogP contribution in [-0.4, -0.2) is 29.1 Å². The lowest BCUT2D eigenvalue weighted by Gasteiger charge is -2.37. The molecule has 110 valence electrons. The molecule has 3 nitrogen and oxygen atoms in total. The molecule has 0 saturated carbocycles. The molecule has 3 heteroatoms. The minimum absolute atomic E-state index is 0.0905. The van der Waals surface area contributed by atoms with Crippen molar-refractivity contribution in [3.05, 3.63) is 35.9 Å². The van der Waals surface area contributed by atoms with Gasteiger partial charge in [0, 0.05) is 6.04 Å². The SMILES string of the molecule is CC1NC(Cc2ccccc2)C(=O)N1C(C)C(C)(C)C. The lowest BCUT2D eigenvalue weighted by atomic mass is 9.86. The smallest absolute Gasteiger partial charge is 0.241 e. The molecule has 1 aliphatic heterocycles. The minimum Gasteiger partial charge on any atom is -0.323 e. The highest BCUT2D eigenvalue weighted by molar-refractivity contribution is 5.85. The van der Waals surface area contributed by atoms with Crippen LogP contribution in [0.2, 0.25) is 0 Å². The van der Waals surface area contributed by atoms with E-state index in [1.165, 1.54) is 5.56 Å². The number of nitrogens with one attached hydrogen (secondary N) is 1. The van der Waals surface area contributed by atoms with E-state index < -0.39 is 0 Å². The quantitative estimate of drug-likeness (QED) is 0.919. The van der Waals surface area contributed by atoms with Crippen molar-refractivity contribution in [1.29, 1.82) is 0 Å². The largest absolute Gasteiger partial charge is 0.323 e. The van der Waals surface area contributed by atoms with Gasteiger partial charge in [0.1, 0.15) is 0 Å². The predicted octanol–water partition coefficient (Wildman–Crippen LogP) is 2.81. The zero-order valence-electron chi connectivity index (χ0n) is 13.2. The lowest BCUT2D eigenvalue weighted by molar-refractivity contribution is -0.133. The van der Waals surface area contributed by atoms with Crippen LogP contribution >= 0.6 is 0 Å². The van der Waals surface area contributed by atoms with Crippen molar-refractivity contribution in [3.63, 3.8) is 0 Å². The molecule has 1 heterocycles. The highest BCUT2D eigenvalue weighted by Gasteiger charge is 2.41. The Balaban J connectivity index is 2.11. The first-order valence-corrected chi connectivity index (χ1v) is 7.43. The van der Waals surface area contributed by atoms with Crippen molar-refractivity contribution in [2.24, 2.45) is 5.41 Å². The first kappa shape index (κ1) is 15.0. The highest BCUT2D eigenvalue weighted by Crippen LogP contribution is 2.28. The maximum Gasteiger partial charge on any atom is 0.241 e. The Kier molecular flexibility index (Phi) is 4.19. The molecule has 0 spiro atoms. The summed E-state index contributed by atoms with van der Waals surface area (Å²) >= 11 is 0. The molecule has 0 bridgehead atoms. The molecule has 1 saturated heterocycles. The van der Waals surface area contributed by atoms with Gasteiger partial charge in [-0.15, -0.1) is 0 Å². The van der Waals surface area contributed by atoms with Crippen molar-refractivity contribution in [3.8, 4) is 0 Å². The average molecular weight is 274 g/mol. The van der Waals surface area contributed by atoms with Gasteiger partial charge in [-0.3, -0.25) is 10.1 Å². The van der Waals surface area contributed by atoms with E-state index >= 15 is 0 Å². The monoisotopic (exact) mass is 274 g/mol. The third-order valence-corrected chi connectivity index (χ3v) is 4.37. The molecule has 1 aliphatic rings. The van der Waals surface area contributed by atoms with Gasteiger partial charge in [-0.05, 0) is 31.2 Å². The van der Waals surface area contributed by atoms with Crippen LogP contribution in [0.1, 0.15) is 40.2 Å². The van der Waals surface area contributed by atoms with E-state index in [-0.39, 0.29) is 29.6 Å². The number of hydrogen-bond donors (Lipinski definition) is 1. The molecular formula is C17H26N2O. The van der Waals surface area contributed by atoms with Crippen LogP contribution in [0.15, 0.2) is 30.3 Å². The first-order chi connectivity index (χ1) is 9.30. The van der Waals surface area contributed by atoms with E-state index in [0.29, 0.717) is 0 Å². The number of nitrogens with zero attached hydrogens (tertiary/aromatic N) is 1. The Morgan fingerprint density at radius 2 is 1.85 bits per heavy atom. The van der Waals surface area contributed by atoms with Crippen molar-refractivity contribution >= 4 is 5.91 Å². The standard InChI is InChI=1S/C17H26N2O/c1-12(17(3,4)5)19-13(2)18-15(16(19)20)11-14-9-7-6-8-10-14/h6-10,12-13,15,18H,11H2,1-5H3. The molecule has 0 aliphatic carbocycles. The van der Waals surface area contributed by atoms with Gasteiger partial charge < -0.3 is 4.90 Å². The summed E-state index contributed by atoms with van der Waals surface area (Å²) in [6, 6.07) is 10.3. The fourth-order valence-electron chi connectivity index (χ4n) is 2.75. The summed E-state index contributed by atoms with van der Waals surface area (Å²) < 4.78 is 0. The van der Waals surface area contributed by atoms with E-state index in [2.05, 4.69) is 52.1 Å². The Hall–Kier alpha value is -1.35. The van der Waals surface area contributed by atoms with Gasteiger partial charge in [0.25, 0.3) is 0 Å². The molecule has 1 amide bonds. The molecule has 1 aromatic carbocycles.